The van der Waals surface area contributed by atoms with Crippen LogP contribution in [0.25, 0.3) is 0 Å². The van der Waals surface area contributed by atoms with Gasteiger partial charge in [0.15, 0.2) is 0 Å². The number of carbonyl (C=O) groups excluding carboxylic acids is 1. The van der Waals surface area contributed by atoms with Crippen LogP contribution in [0, 0.1) is 0 Å². The van der Waals surface area contributed by atoms with E-state index in [4.69, 9.17) is 0 Å². The highest BCUT2D eigenvalue weighted by Crippen LogP contribution is 2.18. The number of aliphatic hydroxyl groups is 1. The van der Waals surface area contributed by atoms with E-state index in [1.165, 1.54) is 0 Å². The van der Waals surface area contributed by atoms with Gasteiger partial charge >= 0.3 is 0 Å². The second-order valence-corrected chi connectivity index (χ2v) is 5.89. The molecular weight excluding hydrogens is 300 g/mol. The normalized spacial score (nSPS) is 14.6. The van der Waals surface area contributed by atoms with Gasteiger partial charge in [-0.25, -0.2) is 0 Å². The molecule has 0 saturated heterocycles. The van der Waals surface area contributed by atoms with Crippen molar-refractivity contribution in [1.82, 2.24) is 5.32 Å². The van der Waals surface area contributed by atoms with Crippen molar-refractivity contribution in [2.75, 3.05) is 24.5 Å². The minimum atomic E-state index is -0.559. The van der Waals surface area contributed by atoms with Gasteiger partial charge in [0.1, 0.15) is 0 Å². The third-order valence-corrected chi connectivity index (χ3v) is 4.20. The summed E-state index contributed by atoms with van der Waals surface area (Å²) in [5, 5.41) is 13.0. The predicted octanol–water partition coefficient (Wildman–Crippen LogP) is 2.92. The first-order valence-electron chi connectivity index (χ1n) is 8.25. The quantitative estimate of drug-likeness (QED) is 0.804. The number of hydrogen-bond acceptors (Lipinski definition) is 3. The molecule has 1 aliphatic heterocycles. The molecule has 0 aromatic heterocycles. The first-order chi connectivity index (χ1) is 11.7. The molecule has 0 bridgehead atoms. The van der Waals surface area contributed by atoms with Crippen molar-refractivity contribution in [3.05, 3.63) is 77.9 Å². The Hall–Kier alpha value is -2.59. The predicted molar refractivity (Wildman–Crippen MR) is 96.1 cm³/mol. The molecule has 24 heavy (non-hydrogen) atoms. The van der Waals surface area contributed by atoms with Crippen LogP contribution in [0.5, 0.6) is 0 Å². The highest BCUT2D eigenvalue weighted by Gasteiger charge is 2.11. The van der Waals surface area contributed by atoms with Gasteiger partial charge in [-0.3, -0.25) is 4.79 Å². The fourth-order valence-corrected chi connectivity index (χ4v) is 2.78. The van der Waals surface area contributed by atoms with E-state index in [2.05, 4.69) is 22.4 Å². The second kappa shape index (κ2) is 7.79. The number of aliphatic hydroxyl groups excluding tert-OH is 1. The SMILES string of the molecule is O=C(NCC[C@@H](O)c1ccccc1)c1ccc(N2CC=CC2)cc1. The molecule has 0 saturated carbocycles. The molecule has 1 heterocycles. The molecule has 0 radical (unpaired) electrons. The summed E-state index contributed by atoms with van der Waals surface area (Å²) in [6.07, 6.45) is 4.21. The van der Waals surface area contributed by atoms with Crippen molar-refractivity contribution in [1.29, 1.82) is 0 Å². The molecule has 124 valence electrons. The molecule has 0 aliphatic carbocycles. The number of hydrogen-bond donors (Lipinski definition) is 2. The summed E-state index contributed by atoms with van der Waals surface area (Å²) < 4.78 is 0. The van der Waals surface area contributed by atoms with Crippen molar-refractivity contribution >= 4 is 11.6 Å². The first-order valence-corrected chi connectivity index (χ1v) is 8.25. The highest BCUT2D eigenvalue weighted by molar-refractivity contribution is 5.94. The van der Waals surface area contributed by atoms with E-state index in [-0.39, 0.29) is 5.91 Å². The van der Waals surface area contributed by atoms with Gasteiger partial charge in [0.05, 0.1) is 6.10 Å². The van der Waals surface area contributed by atoms with Crippen molar-refractivity contribution < 1.29 is 9.90 Å². The maximum Gasteiger partial charge on any atom is 0.251 e. The van der Waals surface area contributed by atoms with Crippen LogP contribution in [0.15, 0.2) is 66.7 Å². The van der Waals surface area contributed by atoms with Gasteiger partial charge in [-0.2, -0.15) is 0 Å². The summed E-state index contributed by atoms with van der Waals surface area (Å²) in [6, 6.07) is 17.1. The average molecular weight is 322 g/mol. The molecule has 2 aromatic rings. The van der Waals surface area contributed by atoms with Gasteiger partial charge in [0.2, 0.25) is 0 Å². The van der Waals surface area contributed by atoms with Gasteiger partial charge in [-0.15, -0.1) is 0 Å². The number of benzene rings is 2. The largest absolute Gasteiger partial charge is 0.388 e. The van der Waals surface area contributed by atoms with Crippen LogP contribution in [0.2, 0.25) is 0 Å². The summed E-state index contributed by atoms with van der Waals surface area (Å²) in [6.45, 7) is 2.28. The number of anilines is 1. The summed E-state index contributed by atoms with van der Waals surface area (Å²) >= 11 is 0. The van der Waals surface area contributed by atoms with Gasteiger partial charge in [0.25, 0.3) is 5.91 Å². The molecule has 3 rings (SSSR count). The molecule has 2 aromatic carbocycles. The highest BCUT2D eigenvalue weighted by atomic mass is 16.3. The van der Waals surface area contributed by atoms with Crippen LogP contribution in [0.1, 0.15) is 28.4 Å². The Balaban J connectivity index is 1.48. The molecule has 2 N–H and O–H groups in total. The molecule has 0 unspecified atom stereocenters. The topological polar surface area (TPSA) is 52.6 Å². The molecule has 0 spiro atoms. The standard InChI is InChI=1S/C20H22N2O2/c23-19(16-6-2-1-3-7-16)12-13-21-20(24)17-8-10-18(11-9-17)22-14-4-5-15-22/h1-11,19,23H,12-15H2,(H,21,24)/t19-/m1/s1. The maximum atomic E-state index is 12.2. The zero-order chi connectivity index (χ0) is 16.8. The van der Waals surface area contributed by atoms with E-state index in [0.717, 1.165) is 24.3 Å². The number of carbonyl (C=O) groups is 1. The molecule has 4 nitrogen and oxygen atoms in total. The van der Waals surface area contributed by atoms with Crippen molar-refractivity contribution in [3.63, 3.8) is 0 Å². The van der Waals surface area contributed by atoms with Crippen LogP contribution in [0.4, 0.5) is 5.69 Å². The monoisotopic (exact) mass is 322 g/mol. The van der Waals surface area contributed by atoms with E-state index in [1.54, 1.807) is 0 Å². The van der Waals surface area contributed by atoms with Crippen LogP contribution in [0.3, 0.4) is 0 Å². The summed E-state index contributed by atoms with van der Waals surface area (Å²) in [7, 11) is 0. The zero-order valence-corrected chi connectivity index (χ0v) is 13.6. The fourth-order valence-electron chi connectivity index (χ4n) is 2.78. The fraction of sp³-hybridized carbons (Fsp3) is 0.250. The third-order valence-electron chi connectivity index (χ3n) is 4.20. The molecular formula is C20H22N2O2. The Morgan fingerprint density at radius 3 is 2.38 bits per heavy atom. The Morgan fingerprint density at radius 1 is 1.04 bits per heavy atom. The third kappa shape index (κ3) is 4.03. The van der Waals surface area contributed by atoms with E-state index in [0.29, 0.717) is 18.5 Å². The Bertz CT molecular complexity index is 687. The number of nitrogens with zero attached hydrogens (tertiary/aromatic N) is 1. The Morgan fingerprint density at radius 2 is 1.71 bits per heavy atom. The maximum absolute atomic E-state index is 12.2. The van der Waals surface area contributed by atoms with Gasteiger partial charge < -0.3 is 15.3 Å². The van der Waals surface area contributed by atoms with Crippen molar-refractivity contribution in [3.8, 4) is 0 Å². The average Bonchev–Trinajstić information content (AvgIpc) is 3.17. The Kier molecular flexibility index (Phi) is 5.29. The molecule has 1 aliphatic rings. The lowest BCUT2D eigenvalue weighted by Gasteiger charge is -2.17. The summed E-state index contributed by atoms with van der Waals surface area (Å²) in [4.78, 5) is 14.4. The summed E-state index contributed by atoms with van der Waals surface area (Å²) in [5.41, 5.74) is 2.63. The van der Waals surface area contributed by atoms with Crippen LogP contribution in [-0.4, -0.2) is 30.6 Å². The number of amides is 1. The zero-order valence-electron chi connectivity index (χ0n) is 13.6. The van der Waals surface area contributed by atoms with E-state index in [1.807, 2.05) is 54.6 Å². The Labute approximate surface area is 142 Å². The summed E-state index contributed by atoms with van der Waals surface area (Å²) in [5.74, 6) is -0.110. The smallest absolute Gasteiger partial charge is 0.251 e. The lowest BCUT2D eigenvalue weighted by atomic mass is 10.1. The van der Waals surface area contributed by atoms with Crippen LogP contribution in [-0.2, 0) is 0 Å². The van der Waals surface area contributed by atoms with Crippen molar-refractivity contribution in [2.24, 2.45) is 0 Å². The molecule has 4 heteroatoms. The lowest BCUT2D eigenvalue weighted by molar-refractivity contribution is 0.0942. The number of rotatable bonds is 6. The van der Waals surface area contributed by atoms with E-state index in [9.17, 15) is 9.90 Å². The van der Waals surface area contributed by atoms with E-state index < -0.39 is 6.10 Å². The van der Waals surface area contributed by atoms with Crippen LogP contribution >= 0.6 is 0 Å². The second-order valence-electron chi connectivity index (χ2n) is 5.89. The molecule has 1 amide bonds. The number of nitrogens with one attached hydrogen (secondary N) is 1. The molecule has 1 atom stereocenters. The van der Waals surface area contributed by atoms with Crippen molar-refractivity contribution in [2.45, 2.75) is 12.5 Å². The minimum Gasteiger partial charge on any atom is -0.388 e. The van der Waals surface area contributed by atoms with E-state index >= 15 is 0 Å². The van der Waals surface area contributed by atoms with Gasteiger partial charge in [0, 0.05) is 30.9 Å². The molecule has 0 fully saturated rings. The minimum absolute atomic E-state index is 0.110. The van der Waals surface area contributed by atoms with Crippen LogP contribution < -0.4 is 10.2 Å². The van der Waals surface area contributed by atoms with Gasteiger partial charge in [-0.05, 0) is 36.2 Å². The first kappa shape index (κ1) is 16.3. The lowest BCUT2D eigenvalue weighted by Crippen LogP contribution is -2.25. The van der Waals surface area contributed by atoms with Gasteiger partial charge in [-0.1, -0.05) is 42.5 Å².